The summed E-state index contributed by atoms with van der Waals surface area (Å²) < 4.78 is 2.29. The van der Waals surface area contributed by atoms with Gasteiger partial charge in [0.25, 0.3) is 0 Å². The summed E-state index contributed by atoms with van der Waals surface area (Å²) in [5.41, 5.74) is 12.6. The third kappa shape index (κ3) is 5.58. The third-order valence-electron chi connectivity index (χ3n) is 9.96. The second kappa shape index (κ2) is 13.5. The van der Waals surface area contributed by atoms with Gasteiger partial charge in [-0.05, 0) is 55.5 Å². The smallest absolute Gasteiger partial charge is 0.160 e. The van der Waals surface area contributed by atoms with Crippen LogP contribution in [0.2, 0.25) is 0 Å². The van der Waals surface area contributed by atoms with Gasteiger partial charge >= 0.3 is 0 Å². The normalized spacial score (nSPS) is 11.0. The highest BCUT2D eigenvalue weighted by Gasteiger charge is 2.25. The summed E-state index contributed by atoms with van der Waals surface area (Å²) in [4.78, 5) is 10.4. The third-order valence-corrected chi connectivity index (χ3v) is 9.96. The monoisotopic (exact) mass is 689 g/mol. The summed E-state index contributed by atoms with van der Waals surface area (Å²) in [6.07, 6.45) is 0. The molecular formula is C49H31N5. The van der Waals surface area contributed by atoms with E-state index in [1.807, 2.05) is 91.0 Å². The van der Waals surface area contributed by atoms with Gasteiger partial charge < -0.3 is 4.57 Å². The highest BCUT2D eigenvalue weighted by Crippen LogP contribution is 2.45. The van der Waals surface area contributed by atoms with Gasteiger partial charge in [-0.15, -0.1) is 0 Å². The minimum Gasteiger partial charge on any atom is -0.308 e. The highest BCUT2D eigenvalue weighted by atomic mass is 15.0. The zero-order valence-corrected chi connectivity index (χ0v) is 29.4. The van der Waals surface area contributed by atoms with Crippen LogP contribution in [0.25, 0.3) is 83.6 Å². The Kier molecular flexibility index (Phi) is 8.08. The predicted octanol–water partition coefficient (Wildman–Crippen LogP) is 12.0. The molecule has 54 heavy (non-hydrogen) atoms. The van der Waals surface area contributed by atoms with Crippen molar-refractivity contribution in [2.24, 2.45) is 0 Å². The number of nitrogens with zero attached hydrogens (tertiary/aromatic N) is 5. The Morgan fingerprint density at radius 1 is 0.444 bits per heavy atom. The number of benzene rings is 7. The fourth-order valence-corrected chi connectivity index (χ4v) is 7.46. The van der Waals surface area contributed by atoms with E-state index in [4.69, 9.17) is 9.97 Å². The summed E-state index contributed by atoms with van der Waals surface area (Å²) in [7, 11) is 0. The quantitative estimate of drug-likeness (QED) is 0.174. The molecule has 0 radical (unpaired) electrons. The van der Waals surface area contributed by atoms with Gasteiger partial charge in [0.2, 0.25) is 0 Å². The number of hydrogen-bond acceptors (Lipinski definition) is 4. The SMILES string of the molecule is Cc1ccc2c(c1)c1ccccc1n2-c1c(-c2ccccc2C#N)cc(-c2nc(-c3ccccc3)cc(-c3ccccc3)n2)cc1-c1ccccc1C#N. The molecule has 7 aromatic carbocycles. The standard InChI is InChI=1S/C49H31N5/c1-32-24-25-47-41(26-32)40-22-12-13-23-46(40)54(47)48-42(38-20-10-8-18-35(38)30-50)27-37(28-43(48)39-21-11-9-19-36(39)31-51)49-52-44(33-14-4-2-5-15-33)29-45(53-49)34-16-6-3-7-17-34/h2-29H,1H3. The van der Waals surface area contributed by atoms with Gasteiger partial charge in [0, 0.05) is 49.7 Å². The molecule has 0 spiro atoms. The Morgan fingerprint density at radius 2 is 0.944 bits per heavy atom. The van der Waals surface area contributed by atoms with Crippen molar-refractivity contribution in [3.8, 4) is 74.0 Å². The zero-order valence-electron chi connectivity index (χ0n) is 29.4. The molecule has 252 valence electrons. The first-order chi connectivity index (χ1) is 26.6. The van der Waals surface area contributed by atoms with Crippen LogP contribution in [0.4, 0.5) is 0 Å². The molecule has 0 amide bonds. The van der Waals surface area contributed by atoms with Crippen molar-refractivity contribution in [1.82, 2.24) is 14.5 Å². The second-order valence-corrected chi connectivity index (χ2v) is 13.3. The van der Waals surface area contributed by atoms with E-state index in [0.29, 0.717) is 17.0 Å². The molecular weight excluding hydrogens is 659 g/mol. The van der Waals surface area contributed by atoms with Crippen LogP contribution in [0.3, 0.4) is 0 Å². The van der Waals surface area contributed by atoms with Crippen molar-refractivity contribution in [2.45, 2.75) is 6.92 Å². The number of aryl methyl sites for hydroxylation is 1. The van der Waals surface area contributed by atoms with Crippen molar-refractivity contribution in [2.75, 3.05) is 0 Å². The molecule has 0 fully saturated rings. The van der Waals surface area contributed by atoms with Crippen LogP contribution in [-0.2, 0) is 0 Å². The van der Waals surface area contributed by atoms with E-state index in [-0.39, 0.29) is 0 Å². The van der Waals surface area contributed by atoms with E-state index >= 15 is 0 Å². The van der Waals surface area contributed by atoms with E-state index in [1.165, 1.54) is 0 Å². The summed E-state index contributed by atoms with van der Waals surface area (Å²) in [5, 5.41) is 23.3. The number of nitriles is 2. The Hall–Kier alpha value is -7.60. The van der Waals surface area contributed by atoms with Crippen LogP contribution in [0.15, 0.2) is 170 Å². The lowest BCUT2D eigenvalue weighted by Crippen LogP contribution is -2.04. The van der Waals surface area contributed by atoms with Gasteiger partial charge in [-0.2, -0.15) is 10.5 Å². The lowest BCUT2D eigenvalue weighted by atomic mass is 9.89. The summed E-state index contributed by atoms with van der Waals surface area (Å²) >= 11 is 0. The van der Waals surface area contributed by atoms with Gasteiger partial charge in [-0.25, -0.2) is 9.97 Å². The molecule has 0 saturated heterocycles. The van der Waals surface area contributed by atoms with Crippen LogP contribution in [0, 0.1) is 29.6 Å². The maximum absolute atomic E-state index is 10.5. The van der Waals surface area contributed by atoms with Crippen molar-refractivity contribution in [3.63, 3.8) is 0 Å². The fourth-order valence-electron chi connectivity index (χ4n) is 7.46. The van der Waals surface area contributed by atoms with Gasteiger partial charge in [0.1, 0.15) is 0 Å². The number of aromatic nitrogens is 3. The van der Waals surface area contributed by atoms with Crippen molar-refractivity contribution in [1.29, 1.82) is 10.5 Å². The van der Waals surface area contributed by atoms with Crippen LogP contribution in [-0.4, -0.2) is 14.5 Å². The fraction of sp³-hybridized carbons (Fsp3) is 0.0204. The predicted molar refractivity (Wildman–Crippen MR) is 218 cm³/mol. The molecule has 0 bridgehead atoms. The summed E-state index contributed by atoms with van der Waals surface area (Å²) in [5.74, 6) is 0.533. The van der Waals surface area contributed by atoms with Gasteiger partial charge in [0.15, 0.2) is 5.82 Å². The molecule has 2 heterocycles. The molecule has 0 aliphatic rings. The van der Waals surface area contributed by atoms with Crippen LogP contribution < -0.4 is 0 Å². The number of rotatable bonds is 6. The summed E-state index contributed by atoms with van der Waals surface area (Å²) in [6.45, 7) is 2.11. The van der Waals surface area contributed by atoms with E-state index in [2.05, 4.69) is 102 Å². The Labute approximate surface area is 313 Å². The van der Waals surface area contributed by atoms with Gasteiger partial charge in [-0.3, -0.25) is 0 Å². The van der Waals surface area contributed by atoms with Crippen LogP contribution in [0.1, 0.15) is 16.7 Å². The number of para-hydroxylation sites is 1. The number of fused-ring (bicyclic) bond motifs is 3. The number of hydrogen-bond donors (Lipinski definition) is 0. The van der Waals surface area contributed by atoms with E-state index < -0.39 is 0 Å². The molecule has 0 saturated carbocycles. The minimum absolute atomic E-state index is 0.533. The molecule has 5 nitrogen and oxygen atoms in total. The minimum atomic E-state index is 0.533. The summed E-state index contributed by atoms with van der Waals surface area (Å²) in [6, 6.07) is 61.7. The maximum Gasteiger partial charge on any atom is 0.160 e. The van der Waals surface area contributed by atoms with Crippen molar-refractivity contribution in [3.05, 3.63) is 187 Å². The first-order valence-electron chi connectivity index (χ1n) is 17.8. The largest absolute Gasteiger partial charge is 0.308 e. The van der Waals surface area contributed by atoms with Gasteiger partial charge in [-0.1, -0.05) is 127 Å². The van der Waals surface area contributed by atoms with Crippen LogP contribution in [0.5, 0.6) is 0 Å². The average molecular weight is 690 g/mol. The van der Waals surface area contributed by atoms with Crippen molar-refractivity contribution < 1.29 is 0 Å². The molecule has 0 unspecified atom stereocenters. The lowest BCUT2D eigenvalue weighted by Gasteiger charge is -2.22. The molecule has 9 rings (SSSR count). The average Bonchev–Trinajstić information content (AvgIpc) is 3.56. The highest BCUT2D eigenvalue weighted by molar-refractivity contribution is 6.11. The maximum atomic E-state index is 10.5. The Bertz CT molecular complexity index is 2830. The molecule has 0 N–H and O–H groups in total. The first kappa shape index (κ1) is 32.3. The molecule has 0 atom stereocenters. The van der Waals surface area contributed by atoms with E-state index in [1.54, 1.807) is 0 Å². The van der Waals surface area contributed by atoms with Gasteiger partial charge in [0.05, 0.1) is 51.4 Å². The molecule has 9 aromatic rings. The first-order valence-corrected chi connectivity index (χ1v) is 17.8. The van der Waals surface area contributed by atoms with Crippen molar-refractivity contribution >= 4 is 21.8 Å². The molecule has 0 aliphatic heterocycles. The van der Waals surface area contributed by atoms with Crippen LogP contribution >= 0.6 is 0 Å². The molecule has 5 heteroatoms. The topological polar surface area (TPSA) is 78.3 Å². The zero-order chi connectivity index (χ0) is 36.6. The Morgan fingerprint density at radius 3 is 1.52 bits per heavy atom. The second-order valence-electron chi connectivity index (χ2n) is 13.3. The Balaban J connectivity index is 1.46. The van der Waals surface area contributed by atoms with E-state index in [0.717, 1.165) is 83.4 Å². The molecule has 2 aromatic heterocycles. The molecule has 0 aliphatic carbocycles. The lowest BCUT2D eigenvalue weighted by molar-refractivity contribution is 1.16. The van der Waals surface area contributed by atoms with E-state index in [9.17, 15) is 10.5 Å².